The van der Waals surface area contributed by atoms with Crippen LogP contribution in [0.5, 0.6) is 0 Å². The Labute approximate surface area is 155 Å². The first-order valence-corrected chi connectivity index (χ1v) is 9.48. The molecule has 0 aliphatic rings. The van der Waals surface area contributed by atoms with Gasteiger partial charge in [-0.15, -0.1) is 0 Å². The molecule has 0 fully saturated rings. The monoisotopic (exact) mass is 366 g/mol. The molecule has 0 spiro atoms. The number of carbonyl (C=O) groups excluding carboxylic acids is 2. The maximum Gasteiger partial charge on any atom is 0.543 e. The van der Waals surface area contributed by atoms with E-state index in [1.54, 1.807) is 12.1 Å². The summed E-state index contributed by atoms with van der Waals surface area (Å²) in [6.45, 7) is 4.54. The van der Waals surface area contributed by atoms with Gasteiger partial charge in [-0.3, -0.25) is 4.89 Å². The molecule has 0 aromatic heterocycles. The first-order valence-electron chi connectivity index (χ1n) is 9.48. The number of aryl methyl sites for hydroxylation is 1. The third-order valence-electron chi connectivity index (χ3n) is 3.94. The minimum atomic E-state index is -1.03. The van der Waals surface area contributed by atoms with Gasteiger partial charge in [-0.25, -0.2) is 14.5 Å². The van der Waals surface area contributed by atoms with Crippen LogP contribution in [0, 0.1) is 0 Å². The standard InChI is InChI=1S/C20H30O6/c1-3-5-7-8-10-16-23-20(22)25-26-24-19(21)18-14-12-17(13-15-18)11-9-6-4-2/h12-15H,3-11,16H2,1-2H3. The molecule has 0 aliphatic carbocycles. The number of rotatable bonds is 13. The summed E-state index contributed by atoms with van der Waals surface area (Å²) in [5.41, 5.74) is 1.48. The summed E-state index contributed by atoms with van der Waals surface area (Å²) in [4.78, 5) is 31.7. The molecule has 0 atom stereocenters. The SMILES string of the molecule is CCCCCCCOC(=O)OOOC(=O)c1ccc(CCCCC)cc1. The summed E-state index contributed by atoms with van der Waals surface area (Å²) in [5, 5.41) is 4.19. The Bertz CT molecular complexity index is 512. The van der Waals surface area contributed by atoms with Crippen molar-refractivity contribution in [3.8, 4) is 0 Å². The van der Waals surface area contributed by atoms with Crippen molar-refractivity contribution in [1.29, 1.82) is 0 Å². The molecule has 6 nitrogen and oxygen atoms in total. The molecule has 0 radical (unpaired) electrons. The van der Waals surface area contributed by atoms with Crippen LogP contribution in [0.1, 0.15) is 81.1 Å². The van der Waals surface area contributed by atoms with Gasteiger partial charge in [0.2, 0.25) is 0 Å². The number of ether oxygens (including phenoxy) is 1. The van der Waals surface area contributed by atoms with Crippen LogP contribution in [0.4, 0.5) is 4.79 Å². The van der Waals surface area contributed by atoms with Crippen molar-refractivity contribution >= 4 is 12.1 Å². The lowest BCUT2D eigenvalue weighted by atomic mass is 10.1. The minimum Gasteiger partial charge on any atom is -0.432 e. The second kappa shape index (κ2) is 14.1. The first-order chi connectivity index (χ1) is 12.7. The molecule has 1 rings (SSSR count). The van der Waals surface area contributed by atoms with E-state index >= 15 is 0 Å². The average Bonchev–Trinajstić information content (AvgIpc) is 2.65. The Hall–Kier alpha value is -2.08. The molecule has 0 unspecified atom stereocenters. The molecule has 0 saturated heterocycles. The van der Waals surface area contributed by atoms with Gasteiger partial charge in [-0.1, -0.05) is 64.5 Å². The van der Waals surface area contributed by atoms with Crippen LogP contribution in [-0.4, -0.2) is 18.7 Å². The zero-order chi connectivity index (χ0) is 19.0. The van der Waals surface area contributed by atoms with Crippen molar-refractivity contribution in [3.63, 3.8) is 0 Å². The minimum absolute atomic E-state index is 0.249. The smallest absolute Gasteiger partial charge is 0.432 e. The van der Waals surface area contributed by atoms with E-state index in [1.807, 2.05) is 12.1 Å². The van der Waals surface area contributed by atoms with Crippen LogP contribution in [0.15, 0.2) is 24.3 Å². The molecule has 0 N–H and O–H groups in total. The highest BCUT2D eigenvalue weighted by atomic mass is 17.5. The fourth-order valence-corrected chi connectivity index (χ4v) is 2.40. The highest BCUT2D eigenvalue weighted by Crippen LogP contribution is 2.10. The molecule has 1 aromatic carbocycles. The van der Waals surface area contributed by atoms with Crippen molar-refractivity contribution in [2.45, 2.75) is 71.6 Å². The zero-order valence-corrected chi connectivity index (χ0v) is 15.8. The Kier molecular flexibility index (Phi) is 11.9. The molecule has 146 valence electrons. The van der Waals surface area contributed by atoms with E-state index in [4.69, 9.17) is 4.74 Å². The van der Waals surface area contributed by atoms with E-state index in [-0.39, 0.29) is 6.61 Å². The molecule has 0 aliphatic heterocycles. The van der Waals surface area contributed by atoms with Gasteiger partial charge in [0.05, 0.1) is 17.2 Å². The Morgan fingerprint density at radius 2 is 1.46 bits per heavy atom. The van der Waals surface area contributed by atoms with Crippen molar-refractivity contribution in [3.05, 3.63) is 35.4 Å². The Balaban J connectivity index is 2.16. The first kappa shape index (κ1) is 22.0. The lowest BCUT2D eigenvalue weighted by Gasteiger charge is -2.05. The van der Waals surface area contributed by atoms with Gasteiger partial charge in [0, 0.05) is 0 Å². The third kappa shape index (κ3) is 10.0. The summed E-state index contributed by atoms with van der Waals surface area (Å²) in [5.74, 6) is -0.738. The van der Waals surface area contributed by atoms with Crippen LogP contribution >= 0.6 is 0 Å². The maximum absolute atomic E-state index is 11.8. The second-order valence-electron chi connectivity index (χ2n) is 6.19. The van der Waals surface area contributed by atoms with Gasteiger partial charge in [0.15, 0.2) is 0 Å². The van der Waals surface area contributed by atoms with E-state index in [0.29, 0.717) is 5.56 Å². The third-order valence-corrected chi connectivity index (χ3v) is 3.94. The molecular formula is C20H30O6. The molecule has 1 aromatic rings. The summed E-state index contributed by atoms with van der Waals surface area (Å²) in [6, 6.07) is 7.06. The van der Waals surface area contributed by atoms with E-state index in [2.05, 4.69) is 28.7 Å². The highest BCUT2D eigenvalue weighted by molar-refractivity contribution is 5.88. The van der Waals surface area contributed by atoms with Gasteiger partial charge in [-0.05, 0) is 37.0 Å². The lowest BCUT2D eigenvalue weighted by molar-refractivity contribution is -0.452. The summed E-state index contributed by atoms with van der Waals surface area (Å²) in [6.07, 6.45) is 8.62. The highest BCUT2D eigenvalue weighted by Gasteiger charge is 2.12. The predicted octanol–water partition coefficient (Wildman–Crippen LogP) is 5.55. The summed E-state index contributed by atoms with van der Waals surface area (Å²) >= 11 is 0. The van der Waals surface area contributed by atoms with Crippen LogP contribution < -0.4 is 0 Å². The molecule has 0 saturated carbocycles. The molecule has 0 amide bonds. The lowest BCUT2D eigenvalue weighted by Crippen LogP contribution is -2.12. The molecule has 0 bridgehead atoms. The predicted molar refractivity (Wildman–Crippen MR) is 97.4 cm³/mol. The number of benzene rings is 1. The maximum atomic E-state index is 11.8. The van der Waals surface area contributed by atoms with Gasteiger partial charge in [0.25, 0.3) is 0 Å². The fraction of sp³-hybridized carbons (Fsp3) is 0.600. The van der Waals surface area contributed by atoms with Crippen molar-refractivity contribution in [2.75, 3.05) is 6.61 Å². The number of unbranched alkanes of at least 4 members (excludes halogenated alkanes) is 6. The largest absolute Gasteiger partial charge is 0.543 e. The van der Waals surface area contributed by atoms with Crippen molar-refractivity contribution in [1.82, 2.24) is 0 Å². The Morgan fingerprint density at radius 3 is 2.15 bits per heavy atom. The van der Waals surface area contributed by atoms with Gasteiger partial charge in [0.1, 0.15) is 0 Å². The molecule has 6 heteroatoms. The molecular weight excluding hydrogens is 336 g/mol. The number of carbonyl (C=O) groups is 2. The van der Waals surface area contributed by atoms with E-state index in [0.717, 1.165) is 44.1 Å². The zero-order valence-electron chi connectivity index (χ0n) is 15.8. The molecule has 26 heavy (non-hydrogen) atoms. The topological polar surface area (TPSA) is 71.1 Å². The van der Waals surface area contributed by atoms with Crippen molar-refractivity contribution < 1.29 is 29.1 Å². The number of hydrogen-bond acceptors (Lipinski definition) is 6. The molecule has 0 heterocycles. The Morgan fingerprint density at radius 1 is 0.808 bits per heavy atom. The normalized spacial score (nSPS) is 10.4. The van der Waals surface area contributed by atoms with Crippen LogP contribution in [-0.2, 0) is 26.0 Å². The van der Waals surface area contributed by atoms with Gasteiger partial charge >= 0.3 is 12.1 Å². The summed E-state index contributed by atoms with van der Waals surface area (Å²) < 4.78 is 4.79. The van der Waals surface area contributed by atoms with E-state index < -0.39 is 12.1 Å². The van der Waals surface area contributed by atoms with Crippen LogP contribution in [0.2, 0.25) is 0 Å². The summed E-state index contributed by atoms with van der Waals surface area (Å²) in [7, 11) is 0. The quantitative estimate of drug-likeness (QED) is 0.197. The van der Waals surface area contributed by atoms with E-state index in [9.17, 15) is 9.59 Å². The van der Waals surface area contributed by atoms with E-state index in [1.165, 1.54) is 19.3 Å². The number of hydrogen-bond donors (Lipinski definition) is 0. The van der Waals surface area contributed by atoms with Gasteiger partial charge < -0.3 is 4.74 Å². The van der Waals surface area contributed by atoms with Gasteiger partial charge in [-0.2, -0.15) is 0 Å². The average molecular weight is 366 g/mol. The van der Waals surface area contributed by atoms with Crippen molar-refractivity contribution in [2.24, 2.45) is 0 Å². The van der Waals surface area contributed by atoms with Crippen LogP contribution in [0.3, 0.4) is 0 Å². The second-order valence-corrected chi connectivity index (χ2v) is 6.19. The van der Waals surface area contributed by atoms with Crippen LogP contribution in [0.25, 0.3) is 0 Å². The fourth-order valence-electron chi connectivity index (χ4n) is 2.40.